The van der Waals surface area contributed by atoms with Crippen molar-refractivity contribution in [2.24, 2.45) is 23.7 Å². The SMILES string of the molecule is O=C(NC12CC3CC(CC(C3)C1)C2)C1CCN(S(=O)(=O)c2ccc(F)c(F)c2)CC1. The molecular formula is C22H28F2N2O3S. The van der Waals surface area contributed by atoms with Gasteiger partial charge in [0.25, 0.3) is 0 Å². The Hall–Kier alpha value is -1.54. The first-order valence-electron chi connectivity index (χ1n) is 11.0. The van der Waals surface area contributed by atoms with Crippen LogP contribution in [0.15, 0.2) is 23.1 Å². The highest BCUT2D eigenvalue weighted by molar-refractivity contribution is 7.89. The summed E-state index contributed by atoms with van der Waals surface area (Å²) in [7, 11) is -3.90. The molecule has 4 aliphatic carbocycles. The third-order valence-corrected chi connectivity index (χ3v) is 9.67. The molecule has 1 saturated heterocycles. The minimum atomic E-state index is -3.90. The summed E-state index contributed by atoms with van der Waals surface area (Å²) >= 11 is 0. The number of benzene rings is 1. The fourth-order valence-electron chi connectivity index (χ4n) is 6.77. The molecule has 1 aromatic carbocycles. The second-order valence-electron chi connectivity index (χ2n) is 9.94. The quantitative estimate of drug-likeness (QED) is 0.783. The molecule has 6 rings (SSSR count). The summed E-state index contributed by atoms with van der Waals surface area (Å²) in [6, 6.07) is 2.63. The molecule has 30 heavy (non-hydrogen) atoms. The number of halogens is 2. The lowest BCUT2D eigenvalue weighted by Crippen LogP contribution is -2.61. The zero-order chi connectivity index (χ0) is 21.1. The van der Waals surface area contributed by atoms with Crippen molar-refractivity contribution in [2.75, 3.05) is 13.1 Å². The lowest BCUT2D eigenvalue weighted by Gasteiger charge is -2.57. The molecule has 5 fully saturated rings. The molecule has 1 heterocycles. The maximum atomic E-state index is 13.5. The summed E-state index contributed by atoms with van der Waals surface area (Å²) in [5.41, 5.74) is -0.0410. The van der Waals surface area contributed by atoms with Crippen LogP contribution < -0.4 is 5.32 Å². The van der Waals surface area contributed by atoms with Gasteiger partial charge < -0.3 is 5.32 Å². The van der Waals surface area contributed by atoms with E-state index in [1.165, 1.54) is 23.6 Å². The van der Waals surface area contributed by atoms with Crippen LogP contribution in [0.2, 0.25) is 0 Å². The number of nitrogens with one attached hydrogen (secondary N) is 1. The summed E-state index contributed by atoms with van der Waals surface area (Å²) < 4.78 is 53.4. The Morgan fingerprint density at radius 2 is 1.53 bits per heavy atom. The molecule has 0 unspecified atom stereocenters. The van der Waals surface area contributed by atoms with Gasteiger partial charge in [-0.15, -0.1) is 0 Å². The molecule has 0 spiro atoms. The van der Waals surface area contributed by atoms with E-state index < -0.39 is 21.7 Å². The predicted octanol–water partition coefficient (Wildman–Crippen LogP) is 3.45. The highest BCUT2D eigenvalue weighted by atomic mass is 32.2. The van der Waals surface area contributed by atoms with Gasteiger partial charge in [-0.25, -0.2) is 17.2 Å². The van der Waals surface area contributed by atoms with E-state index in [2.05, 4.69) is 5.32 Å². The van der Waals surface area contributed by atoms with Gasteiger partial charge in [0, 0.05) is 24.5 Å². The fourth-order valence-corrected chi connectivity index (χ4v) is 8.25. The number of hydrogen-bond donors (Lipinski definition) is 1. The van der Waals surface area contributed by atoms with Crippen LogP contribution in [-0.4, -0.2) is 37.3 Å². The minimum absolute atomic E-state index is 0.0410. The molecule has 5 nitrogen and oxygen atoms in total. The molecule has 4 bridgehead atoms. The van der Waals surface area contributed by atoms with Gasteiger partial charge in [-0.1, -0.05) is 0 Å². The Morgan fingerprint density at radius 1 is 0.967 bits per heavy atom. The Bertz CT molecular complexity index is 922. The number of sulfonamides is 1. The second-order valence-corrected chi connectivity index (χ2v) is 11.9. The van der Waals surface area contributed by atoms with Crippen LogP contribution in [0.3, 0.4) is 0 Å². The molecule has 1 aromatic rings. The van der Waals surface area contributed by atoms with Crippen molar-refractivity contribution in [2.45, 2.75) is 61.8 Å². The van der Waals surface area contributed by atoms with Crippen molar-refractivity contribution < 1.29 is 22.0 Å². The topological polar surface area (TPSA) is 66.5 Å². The number of rotatable bonds is 4. The molecule has 8 heteroatoms. The highest BCUT2D eigenvalue weighted by Gasteiger charge is 2.52. The van der Waals surface area contributed by atoms with Crippen molar-refractivity contribution in [3.8, 4) is 0 Å². The third kappa shape index (κ3) is 3.55. The number of carbonyl (C=O) groups is 1. The third-order valence-electron chi connectivity index (χ3n) is 7.78. The van der Waals surface area contributed by atoms with E-state index in [0.717, 1.165) is 55.2 Å². The van der Waals surface area contributed by atoms with Gasteiger partial charge in [-0.05, 0) is 87.3 Å². The monoisotopic (exact) mass is 438 g/mol. The first-order valence-corrected chi connectivity index (χ1v) is 12.5. The van der Waals surface area contributed by atoms with Crippen LogP contribution in [0.4, 0.5) is 8.78 Å². The van der Waals surface area contributed by atoms with E-state index in [-0.39, 0.29) is 35.3 Å². The van der Waals surface area contributed by atoms with Crippen LogP contribution in [-0.2, 0) is 14.8 Å². The Kier molecular flexibility index (Phi) is 4.93. The zero-order valence-corrected chi connectivity index (χ0v) is 17.8. The van der Waals surface area contributed by atoms with Crippen LogP contribution in [0, 0.1) is 35.3 Å². The number of hydrogen-bond acceptors (Lipinski definition) is 3. The summed E-state index contributed by atoms with van der Waals surface area (Å²) in [6.45, 7) is 0.417. The van der Waals surface area contributed by atoms with E-state index in [0.29, 0.717) is 12.8 Å². The minimum Gasteiger partial charge on any atom is -0.350 e. The van der Waals surface area contributed by atoms with Crippen molar-refractivity contribution >= 4 is 15.9 Å². The predicted molar refractivity (Wildman–Crippen MR) is 107 cm³/mol. The standard InChI is InChI=1S/C22H28F2N2O3S/c23-19-2-1-18(10-20(19)24)30(28,29)26-5-3-17(4-6-26)21(27)25-22-11-14-7-15(12-22)9-16(8-14)13-22/h1-2,10,14-17H,3-9,11-13H2,(H,25,27). The van der Waals surface area contributed by atoms with Crippen LogP contribution >= 0.6 is 0 Å². The highest BCUT2D eigenvalue weighted by Crippen LogP contribution is 2.55. The molecule has 1 amide bonds. The maximum Gasteiger partial charge on any atom is 0.243 e. The number of piperidine rings is 1. The van der Waals surface area contributed by atoms with Crippen LogP contribution in [0.25, 0.3) is 0 Å². The van der Waals surface area contributed by atoms with Crippen LogP contribution in [0.1, 0.15) is 51.4 Å². The molecule has 4 saturated carbocycles. The van der Waals surface area contributed by atoms with E-state index >= 15 is 0 Å². The van der Waals surface area contributed by atoms with E-state index in [1.54, 1.807) is 0 Å². The van der Waals surface area contributed by atoms with Crippen molar-refractivity contribution in [3.05, 3.63) is 29.8 Å². The Labute approximate surface area is 176 Å². The van der Waals surface area contributed by atoms with Gasteiger partial charge in [-0.2, -0.15) is 4.31 Å². The molecular weight excluding hydrogens is 410 g/mol. The summed E-state index contributed by atoms with van der Waals surface area (Å²) in [5, 5.41) is 3.40. The summed E-state index contributed by atoms with van der Waals surface area (Å²) in [4.78, 5) is 12.8. The van der Waals surface area contributed by atoms with E-state index in [4.69, 9.17) is 0 Å². The van der Waals surface area contributed by atoms with Crippen LogP contribution in [0.5, 0.6) is 0 Å². The fraction of sp³-hybridized carbons (Fsp3) is 0.682. The van der Waals surface area contributed by atoms with Gasteiger partial charge >= 0.3 is 0 Å². The number of amides is 1. The van der Waals surface area contributed by atoms with Gasteiger partial charge in [0.1, 0.15) is 0 Å². The van der Waals surface area contributed by atoms with Gasteiger partial charge in [-0.3, -0.25) is 4.79 Å². The lowest BCUT2D eigenvalue weighted by atomic mass is 9.53. The Morgan fingerprint density at radius 3 is 2.07 bits per heavy atom. The normalized spacial score (nSPS) is 34.3. The molecule has 1 N–H and O–H groups in total. The summed E-state index contributed by atoms with van der Waals surface area (Å²) in [6.07, 6.45) is 8.11. The average Bonchev–Trinajstić information content (AvgIpc) is 2.68. The maximum absolute atomic E-state index is 13.5. The Balaban J connectivity index is 1.22. The van der Waals surface area contributed by atoms with E-state index in [1.807, 2.05) is 0 Å². The van der Waals surface area contributed by atoms with Gasteiger partial charge in [0.15, 0.2) is 11.6 Å². The summed E-state index contributed by atoms with van der Waals surface area (Å²) in [5.74, 6) is -0.148. The molecule has 164 valence electrons. The van der Waals surface area contributed by atoms with Gasteiger partial charge in [0.05, 0.1) is 4.90 Å². The zero-order valence-electron chi connectivity index (χ0n) is 16.9. The molecule has 0 aromatic heterocycles. The molecule has 5 aliphatic rings. The average molecular weight is 439 g/mol. The lowest BCUT2D eigenvalue weighted by molar-refractivity contribution is -0.132. The second kappa shape index (κ2) is 7.26. The smallest absolute Gasteiger partial charge is 0.243 e. The first kappa shape index (κ1) is 20.4. The van der Waals surface area contributed by atoms with Gasteiger partial charge in [0.2, 0.25) is 15.9 Å². The van der Waals surface area contributed by atoms with E-state index in [9.17, 15) is 22.0 Å². The molecule has 0 atom stereocenters. The first-order chi connectivity index (χ1) is 14.2. The largest absolute Gasteiger partial charge is 0.350 e. The van der Waals surface area contributed by atoms with Crippen molar-refractivity contribution in [1.82, 2.24) is 9.62 Å². The molecule has 0 radical (unpaired) electrons. The van der Waals surface area contributed by atoms with Crippen molar-refractivity contribution in [1.29, 1.82) is 0 Å². The number of carbonyl (C=O) groups excluding carboxylic acids is 1. The molecule has 1 aliphatic heterocycles. The van der Waals surface area contributed by atoms with Crippen molar-refractivity contribution in [3.63, 3.8) is 0 Å². The number of nitrogens with zero attached hydrogens (tertiary/aromatic N) is 1.